The number of hydrogen-bond donors (Lipinski definition) is 1. The van der Waals surface area contributed by atoms with Gasteiger partial charge in [0.15, 0.2) is 5.76 Å². The molecule has 0 aliphatic carbocycles. The van der Waals surface area contributed by atoms with Gasteiger partial charge in [-0.2, -0.15) is 0 Å². The molecular formula is C15H18N2O2. The third-order valence-corrected chi connectivity index (χ3v) is 3.72. The molecule has 19 heavy (non-hydrogen) atoms. The molecule has 2 aromatic rings. The van der Waals surface area contributed by atoms with Crippen molar-refractivity contribution in [2.24, 2.45) is 5.41 Å². The number of amides is 1. The summed E-state index contributed by atoms with van der Waals surface area (Å²) in [5.41, 5.74) is 7.31. The van der Waals surface area contributed by atoms with Crippen molar-refractivity contribution in [1.82, 2.24) is 4.90 Å². The molecule has 0 radical (unpaired) electrons. The molecule has 0 unspecified atom stereocenters. The topological polar surface area (TPSA) is 59.5 Å². The molecule has 4 nitrogen and oxygen atoms in total. The summed E-state index contributed by atoms with van der Waals surface area (Å²) in [4.78, 5) is 14.3. The van der Waals surface area contributed by atoms with Gasteiger partial charge < -0.3 is 15.1 Å². The third-order valence-electron chi connectivity index (χ3n) is 3.72. The number of fused-ring (bicyclic) bond motifs is 1. The van der Waals surface area contributed by atoms with Gasteiger partial charge in [0.1, 0.15) is 5.58 Å². The first-order valence-electron chi connectivity index (χ1n) is 6.53. The number of nitrogen functional groups attached to an aromatic ring is 1. The molecule has 1 saturated heterocycles. The first kappa shape index (κ1) is 12.1. The average Bonchev–Trinajstić information content (AvgIpc) is 2.90. The fourth-order valence-electron chi connectivity index (χ4n) is 2.61. The van der Waals surface area contributed by atoms with Crippen LogP contribution >= 0.6 is 0 Å². The Morgan fingerprint density at radius 3 is 2.84 bits per heavy atom. The molecular weight excluding hydrogens is 240 g/mol. The van der Waals surface area contributed by atoms with E-state index in [4.69, 9.17) is 10.2 Å². The van der Waals surface area contributed by atoms with Gasteiger partial charge in [0.05, 0.1) is 0 Å². The highest BCUT2D eigenvalue weighted by atomic mass is 16.3. The van der Waals surface area contributed by atoms with E-state index in [9.17, 15) is 4.79 Å². The fraction of sp³-hybridized carbons (Fsp3) is 0.400. The van der Waals surface area contributed by atoms with Crippen LogP contribution in [-0.2, 0) is 0 Å². The van der Waals surface area contributed by atoms with Gasteiger partial charge in [-0.05, 0) is 36.1 Å². The highest BCUT2D eigenvalue weighted by Gasteiger charge is 2.33. The zero-order chi connectivity index (χ0) is 13.6. The van der Waals surface area contributed by atoms with Crippen molar-refractivity contribution >= 4 is 22.6 Å². The van der Waals surface area contributed by atoms with Crippen molar-refractivity contribution in [3.05, 3.63) is 30.0 Å². The maximum atomic E-state index is 12.4. The highest BCUT2D eigenvalue weighted by Crippen LogP contribution is 2.31. The molecule has 1 amide bonds. The SMILES string of the molecule is CC1(C)CCN(C(=O)c2cc3cc(N)ccc3o2)C1. The minimum absolute atomic E-state index is 0.0275. The summed E-state index contributed by atoms with van der Waals surface area (Å²) in [7, 11) is 0. The molecule has 1 aliphatic heterocycles. The summed E-state index contributed by atoms with van der Waals surface area (Å²) in [6, 6.07) is 7.18. The van der Waals surface area contributed by atoms with Gasteiger partial charge >= 0.3 is 0 Å². The Labute approximate surface area is 112 Å². The van der Waals surface area contributed by atoms with Crippen LogP contribution in [-0.4, -0.2) is 23.9 Å². The van der Waals surface area contributed by atoms with E-state index in [1.807, 2.05) is 11.0 Å². The van der Waals surface area contributed by atoms with E-state index in [1.54, 1.807) is 18.2 Å². The quantitative estimate of drug-likeness (QED) is 0.800. The zero-order valence-electron chi connectivity index (χ0n) is 11.3. The Bertz CT molecular complexity index is 643. The zero-order valence-corrected chi connectivity index (χ0v) is 11.3. The number of furan rings is 1. The molecule has 0 spiro atoms. The van der Waals surface area contributed by atoms with Crippen LogP contribution in [0.1, 0.15) is 30.8 Å². The van der Waals surface area contributed by atoms with Gasteiger partial charge in [-0.1, -0.05) is 13.8 Å². The maximum Gasteiger partial charge on any atom is 0.289 e. The van der Waals surface area contributed by atoms with E-state index in [2.05, 4.69) is 13.8 Å². The van der Waals surface area contributed by atoms with Gasteiger partial charge in [0.2, 0.25) is 0 Å². The molecule has 3 rings (SSSR count). The average molecular weight is 258 g/mol. The molecule has 4 heteroatoms. The number of nitrogens with zero attached hydrogens (tertiary/aromatic N) is 1. The minimum Gasteiger partial charge on any atom is -0.451 e. The Kier molecular flexibility index (Phi) is 2.55. The number of carbonyl (C=O) groups is 1. The lowest BCUT2D eigenvalue weighted by atomic mass is 9.93. The summed E-state index contributed by atoms with van der Waals surface area (Å²) < 4.78 is 5.62. The molecule has 0 saturated carbocycles. The van der Waals surface area contributed by atoms with Gasteiger partial charge in [0.25, 0.3) is 5.91 Å². The predicted molar refractivity (Wildman–Crippen MR) is 74.9 cm³/mol. The van der Waals surface area contributed by atoms with Crippen LogP contribution in [0.5, 0.6) is 0 Å². The standard InChI is InChI=1S/C15H18N2O2/c1-15(2)5-6-17(9-15)14(18)13-8-10-7-11(16)3-4-12(10)19-13/h3-4,7-8H,5-6,9,16H2,1-2H3. The summed E-state index contributed by atoms with van der Waals surface area (Å²) in [5.74, 6) is 0.374. The predicted octanol–water partition coefficient (Wildman–Crippen LogP) is 2.89. The van der Waals surface area contributed by atoms with Gasteiger partial charge in [-0.3, -0.25) is 4.79 Å². The molecule has 0 atom stereocenters. The molecule has 1 aliphatic rings. The molecule has 1 aromatic carbocycles. The van der Waals surface area contributed by atoms with Crippen molar-refractivity contribution in [3.63, 3.8) is 0 Å². The first-order chi connectivity index (χ1) is 8.94. The molecule has 2 heterocycles. The van der Waals surface area contributed by atoms with Crippen molar-refractivity contribution in [1.29, 1.82) is 0 Å². The van der Waals surface area contributed by atoms with E-state index in [1.165, 1.54) is 0 Å². The normalized spacial score (nSPS) is 18.1. The second kappa shape index (κ2) is 4.02. The molecule has 1 aromatic heterocycles. The number of rotatable bonds is 1. The number of benzene rings is 1. The summed E-state index contributed by atoms with van der Waals surface area (Å²) in [5, 5.41) is 0.877. The van der Waals surface area contributed by atoms with Crippen LogP contribution in [0.15, 0.2) is 28.7 Å². The second-order valence-electron chi connectivity index (χ2n) is 6.05. The molecule has 2 N–H and O–H groups in total. The smallest absolute Gasteiger partial charge is 0.289 e. The number of likely N-dealkylation sites (tertiary alicyclic amines) is 1. The molecule has 1 fully saturated rings. The third kappa shape index (κ3) is 2.18. The van der Waals surface area contributed by atoms with E-state index in [0.29, 0.717) is 17.0 Å². The lowest BCUT2D eigenvalue weighted by Gasteiger charge is -2.18. The van der Waals surface area contributed by atoms with Crippen molar-refractivity contribution in [2.75, 3.05) is 18.8 Å². The van der Waals surface area contributed by atoms with E-state index in [-0.39, 0.29) is 11.3 Å². The van der Waals surface area contributed by atoms with Gasteiger partial charge in [-0.25, -0.2) is 0 Å². The number of carbonyl (C=O) groups excluding carboxylic acids is 1. The largest absolute Gasteiger partial charge is 0.451 e. The minimum atomic E-state index is -0.0275. The maximum absolute atomic E-state index is 12.4. The Morgan fingerprint density at radius 1 is 1.37 bits per heavy atom. The van der Waals surface area contributed by atoms with Crippen LogP contribution in [0, 0.1) is 5.41 Å². The number of nitrogens with two attached hydrogens (primary N) is 1. The van der Waals surface area contributed by atoms with Crippen LogP contribution < -0.4 is 5.73 Å². The van der Waals surface area contributed by atoms with Crippen LogP contribution in [0.25, 0.3) is 11.0 Å². The van der Waals surface area contributed by atoms with Crippen LogP contribution in [0.4, 0.5) is 5.69 Å². The van der Waals surface area contributed by atoms with Crippen LogP contribution in [0.2, 0.25) is 0 Å². The monoisotopic (exact) mass is 258 g/mol. The van der Waals surface area contributed by atoms with Gasteiger partial charge in [-0.15, -0.1) is 0 Å². The van der Waals surface area contributed by atoms with Crippen molar-refractivity contribution < 1.29 is 9.21 Å². The molecule has 0 bridgehead atoms. The van der Waals surface area contributed by atoms with Crippen molar-refractivity contribution in [2.45, 2.75) is 20.3 Å². The number of hydrogen-bond acceptors (Lipinski definition) is 3. The number of anilines is 1. The lowest BCUT2D eigenvalue weighted by Crippen LogP contribution is -2.29. The van der Waals surface area contributed by atoms with Crippen LogP contribution in [0.3, 0.4) is 0 Å². The molecule has 100 valence electrons. The first-order valence-corrected chi connectivity index (χ1v) is 6.53. The van der Waals surface area contributed by atoms with Gasteiger partial charge in [0, 0.05) is 24.2 Å². The van der Waals surface area contributed by atoms with Crippen molar-refractivity contribution in [3.8, 4) is 0 Å². The Morgan fingerprint density at radius 2 is 2.16 bits per heavy atom. The van der Waals surface area contributed by atoms with E-state index < -0.39 is 0 Å². The van der Waals surface area contributed by atoms with E-state index >= 15 is 0 Å². The highest BCUT2D eigenvalue weighted by molar-refractivity contribution is 5.96. The lowest BCUT2D eigenvalue weighted by molar-refractivity contribution is 0.0749. The Hall–Kier alpha value is -1.97. The Balaban J connectivity index is 1.90. The fourth-order valence-corrected chi connectivity index (χ4v) is 2.61. The summed E-state index contributed by atoms with van der Waals surface area (Å²) >= 11 is 0. The second-order valence-corrected chi connectivity index (χ2v) is 6.05. The summed E-state index contributed by atoms with van der Waals surface area (Å²) in [6.45, 7) is 5.94. The summed E-state index contributed by atoms with van der Waals surface area (Å²) in [6.07, 6.45) is 1.03. The van der Waals surface area contributed by atoms with E-state index in [0.717, 1.165) is 24.9 Å².